The summed E-state index contributed by atoms with van der Waals surface area (Å²) in [6, 6.07) is 0. The topological polar surface area (TPSA) is 44.5 Å². The molecular formula is C8H19NO2. The van der Waals surface area contributed by atoms with Crippen molar-refractivity contribution in [1.29, 1.82) is 0 Å². The lowest BCUT2D eigenvalue weighted by Crippen LogP contribution is -2.48. The number of hydrogen-bond donors (Lipinski definition) is 1. The maximum Gasteiger partial charge on any atom is 0.103 e. The van der Waals surface area contributed by atoms with E-state index in [-0.39, 0.29) is 11.7 Å². The molecule has 0 aromatic rings. The van der Waals surface area contributed by atoms with Crippen LogP contribution in [0.25, 0.3) is 0 Å². The lowest BCUT2D eigenvalue weighted by molar-refractivity contribution is -0.101. The van der Waals surface area contributed by atoms with Crippen LogP contribution in [0.1, 0.15) is 20.3 Å². The normalized spacial score (nSPS) is 19.4. The van der Waals surface area contributed by atoms with Crippen LogP contribution in [0.2, 0.25) is 0 Å². The zero-order valence-corrected chi connectivity index (χ0v) is 7.89. The van der Waals surface area contributed by atoms with Gasteiger partial charge < -0.3 is 15.2 Å². The molecule has 68 valence electrons. The number of hydrogen-bond acceptors (Lipinski definition) is 3. The van der Waals surface area contributed by atoms with Crippen LogP contribution in [0.15, 0.2) is 0 Å². The first-order valence-electron chi connectivity index (χ1n) is 3.92. The van der Waals surface area contributed by atoms with E-state index in [0.717, 1.165) is 6.42 Å². The van der Waals surface area contributed by atoms with E-state index < -0.39 is 0 Å². The van der Waals surface area contributed by atoms with Gasteiger partial charge in [0.05, 0.1) is 6.10 Å². The minimum absolute atomic E-state index is 0.0810. The molecule has 11 heavy (non-hydrogen) atoms. The van der Waals surface area contributed by atoms with Crippen molar-refractivity contribution in [3.63, 3.8) is 0 Å². The first-order chi connectivity index (χ1) is 5.14. The first kappa shape index (κ1) is 10.9. The van der Waals surface area contributed by atoms with Crippen molar-refractivity contribution < 1.29 is 9.47 Å². The molecule has 0 radical (unpaired) electrons. The highest BCUT2D eigenvalue weighted by Crippen LogP contribution is 2.18. The van der Waals surface area contributed by atoms with E-state index in [0.29, 0.717) is 6.54 Å². The summed E-state index contributed by atoms with van der Waals surface area (Å²) in [5.74, 6) is 0. The summed E-state index contributed by atoms with van der Waals surface area (Å²) in [7, 11) is 3.34. The predicted octanol–water partition coefficient (Wildman–Crippen LogP) is 0.775. The van der Waals surface area contributed by atoms with Gasteiger partial charge in [0.25, 0.3) is 0 Å². The van der Waals surface area contributed by atoms with Gasteiger partial charge >= 0.3 is 0 Å². The second-order valence-electron chi connectivity index (χ2n) is 2.85. The lowest BCUT2D eigenvalue weighted by Gasteiger charge is -2.33. The van der Waals surface area contributed by atoms with Crippen LogP contribution >= 0.6 is 0 Å². The number of ether oxygens (including phenoxy) is 2. The van der Waals surface area contributed by atoms with Crippen molar-refractivity contribution in [2.75, 3.05) is 20.8 Å². The molecule has 0 aromatic carbocycles. The Balaban J connectivity index is 4.19. The zero-order chi connectivity index (χ0) is 8.91. The molecule has 0 saturated heterocycles. The minimum Gasteiger partial charge on any atom is -0.378 e. The van der Waals surface area contributed by atoms with E-state index in [1.807, 2.05) is 6.92 Å². The summed E-state index contributed by atoms with van der Waals surface area (Å²) in [4.78, 5) is 0. The molecule has 3 heteroatoms. The molecule has 2 N–H and O–H groups in total. The SMILES string of the molecule is CCC(OC)C(C)(CN)OC. The van der Waals surface area contributed by atoms with Gasteiger partial charge in [0.1, 0.15) is 5.60 Å². The Hall–Kier alpha value is -0.120. The van der Waals surface area contributed by atoms with E-state index in [9.17, 15) is 0 Å². The molecule has 0 spiro atoms. The van der Waals surface area contributed by atoms with Crippen molar-refractivity contribution in [3.05, 3.63) is 0 Å². The third kappa shape index (κ3) is 2.43. The molecule has 0 aromatic heterocycles. The van der Waals surface area contributed by atoms with Crippen LogP contribution in [0, 0.1) is 0 Å². The average Bonchev–Trinajstić information content (AvgIpc) is 2.06. The highest BCUT2D eigenvalue weighted by molar-refractivity contribution is 4.84. The van der Waals surface area contributed by atoms with E-state index >= 15 is 0 Å². The molecule has 0 aliphatic carbocycles. The number of methoxy groups -OCH3 is 2. The standard InChI is InChI=1S/C8H19NO2/c1-5-7(10-3)8(2,6-9)11-4/h7H,5-6,9H2,1-4H3. The van der Waals surface area contributed by atoms with Gasteiger partial charge in [-0.25, -0.2) is 0 Å². The molecule has 2 atom stereocenters. The first-order valence-corrected chi connectivity index (χ1v) is 3.92. The monoisotopic (exact) mass is 161 g/mol. The van der Waals surface area contributed by atoms with Gasteiger partial charge in [0.2, 0.25) is 0 Å². The molecule has 3 nitrogen and oxygen atoms in total. The summed E-state index contributed by atoms with van der Waals surface area (Å²) in [6.07, 6.45) is 0.996. The quantitative estimate of drug-likeness (QED) is 0.648. The van der Waals surface area contributed by atoms with Crippen molar-refractivity contribution in [3.8, 4) is 0 Å². The van der Waals surface area contributed by atoms with Crippen LogP contribution in [0.5, 0.6) is 0 Å². The Morgan fingerprint density at radius 2 is 2.00 bits per heavy atom. The van der Waals surface area contributed by atoms with Crippen LogP contribution in [-0.4, -0.2) is 32.5 Å². The lowest BCUT2D eigenvalue weighted by atomic mass is 9.97. The minimum atomic E-state index is -0.344. The third-order valence-corrected chi connectivity index (χ3v) is 2.21. The van der Waals surface area contributed by atoms with Crippen LogP contribution in [0.3, 0.4) is 0 Å². The predicted molar refractivity (Wildman–Crippen MR) is 45.6 cm³/mol. The van der Waals surface area contributed by atoms with Gasteiger partial charge in [-0.05, 0) is 13.3 Å². The van der Waals surface area contributed by atoms with Crippen molar-refractivity contribution in [2.45, 2.75) is 32.0 Å². The zero-order valence-electron chi connectivity index (χ0n) is 7.89. The number of nitrogens with two attached hydrogens (primary N) is 1. The van der Waals surface area contributed by atoms with Crippen LogP contribution < -0.4 is 5.73 Å². The summed E-state index contributed by atoms with van der Waals surface area (Å²) in [5, 5.41) is 0. The van der Waals surface area contributed by atoms with Gasteiger partial charge in [0.15, 0.2) is 0 Å². The number of rotatable bonds is 5. The second-order valence-corrected chi connectivity index (χ2v) is 2.85. The molecule has 0 aliphatic rings. The van der Waals surface area contributed by atoms with Gasteiger partial charge in [0, 0.05) is 20.8 Å². The molecule has 0 aliphatic heterocycles. The maximum absolute atomic E-state index is 5.56. The largest absolute Gasteiger partial charge is 0.378 e. The Labute approximate surface area is 68.9 Å². The fraction of sp³-hybridized carbons (Fsp3) is 1.00. The van der Waals surface area contributed by atoms with Gasteiger partial charge in [-0.2, -0.15) is 0 Å². The Bertz CT molecular complexity index is 98.3. The summed E-state index contributed by atoms with van der Waals surface area (Å²) < 4.78 is 10.5. The molecule has 2 unspecified atom stereocenters. The fourth-order valence-electron chi connectivity index (χ4n) is 1.19. The fourth-order valence-corrected chi connectivity index (χ4v) is 1.19. The molecule has 0 rings (SSSR count). The molecular weight excluding hydrogens is 142 g/mol. The summed E-state index contributed by atoms with van der Waals surface area (Å²) >= 11 is 0. The third-order valence-electron chi connectivity index (χ3n) is 2.21. The smallest absolute Gasteiger partial charge is 0.103 e. The van der Waals surface area contributed by atoms with E-state index in [2.05, 4.69) is 6.92 Å². The van der Waals surface area contributed by atoms with Crippen molar-refractivity contribution in [2.24, 2.45) is 5.73 Å². The van der Waals surface area contributed by atoms with Crippen molar-refractivity contribution in [1.82, 2.24) is 0 Å². The molecule has 0 bridgehead atoms. The Morgan fingerprint density at radius 3 is 2.09 bits per heavy atom. The average molecular weight is 161 g/mol. The van der Waals surface area contributed by atoms with Gasteiger partial charge in [-0.15, -0.1) is 0 Å². The summed E-state index contributed by atoms with van der Waals surface area (Å²) in [5.41, 5.74) is 5.22. The molecule has 0 saturated carbocycles. The van der Waals surface area contributed by atoms with E-state index in [1.165, 1.54) is 0 Å². The molecule has 0 amide bonds. The highest BCUT2D eigenvalue weighted by Gasteiger charge is 2.31. The van der Waals surface area contributed by atoms with E-state index in [1.54, 1.807) is 14.2 Å². The maximum atomic E-state index is 5.56. The van der Waals surface area contributed by atoms with E-state index in [4.69, 9.17) is 15.2 Å². The van der Waals surface area contributed by atoms with Gasteiger partial charge in [-0.1, -0.05) is 6.92 Å². The Kier molecular flexibility index (Phi) is 4.65. The Morgan fingerprint density at radius 1 is 1.45 bits per heavy atom. The summed E-state index contributed by atoms with van der Waals surface area (Å²) in [6.45, 7) is 4.50. The van der Waals surface area contributed by atoms with Crippen LogP contribution in [0.4, 0.5) is 0 Å². The van der Waals surface area contributed by atoms with Crippen molar-refractivity contribution >= 4 is 0 Å². The molecule has 0 fully saturated rings. The molecule has 0 heterocycles. The second kappa shape index (κ2) is 4.70. The van der Waals surface area contributed by atoms with Gasteiger partial charge in [-0.3, -0.25) is 0 Å². The van der Waals surface area contributed by atoms with Crippen LogP contribution in [-0.2, 0) is 9.47 Å². The highest BCUT2D eigenvalue weighted by atomic mass is 16.5.